The molecule has 0 radical (unpaired) electrons. The van der Waals surface area contributed by atoms with Crippen molar-refractivity contribution in [2.24, 2.45) is 0 Å². The number of nitrogens with zero attached hydrogens (tertiary/aromatic N) is 2. The van der Waals surface area contributed by atoms with Gasteiger partial charge in [-0.05, 0) is 60.9 Å². The molecule has 6 nitrogen and oxygen atoms in total. The van der Waals surface area contributed by atoms with E-state index in [2.05, 4.69) is 15.6 Å². The van der Waals surface area contributed by atoms with Crippen LogP contribution >= 0.6 is 23.5 Å². The molecule has 2 N–H and O–H groups in total. The van der Waals surface area contributed by atoms with E-state index in [0.29, 0.717) is 17.8 Å². The highest BCUT2D eigenvalue weighted by atomic mass is 32.2. The molecule has 3 aromatic rings. The third-order valence-corrected chi connectivity index (χ3v) is 6.27. The standard InChI is InChI=1S/C22H20N4O2S2/c1-29-18-5-2-4-17(14-18)24-20(27)15-7-9-16(10-8-15)25-22(28)26-12-13-30-21-19(26)6-3-11-23-21/h2-11,14H,12-13H2,1H3,(H,24,27)(H,25,28). The quantitative estimate of drug-likeness (QED) is 0.550. The zero-order chi connectivity index (χ0) is 20.9. The van der Waals surface area contributed by atoms with Gasteiger partial charge in [-0.2, -0.15) is 0 Å². The number of anilines is 3. The van der Waals surface area contributed by atoms with Crippen molar-refractivity contribution in [1.82, 2.24) is 4.98 Å². The van der Waals surface area contributed by atoms with Gasteiger partial charge in [-0.1, -0.05) is 6.07 Å². The number of pyridine rings is 1. The zero-order valence-electron chi connectivity index (χ0n) is 16.3. The lowest BCUT2D eigenvalue weighted by Gasteiger charge is -2.28. The summed E-state index contributed by atoms with van der Waals surface area (Å²) in [5.41, 5.74) is 2.71. The highest BCUT2D eigenvalue weighted by molar-refractivity contribution is 7.99. The van der Waals surface area contributed by atoms with Crippen molar-refractivity contribution < 1.29 is 9.59 Å². The van der Waals surface area contributed by atoms with Gasteiger partial charge in [0.05, 0.1) is 5.69 Å². The molecule has 1 aliphatic rings. The topological polar surface area (TPSA) is 74.3 Å². The Morgan fingerprint density at radius 3 is 2.67 bits per heavy atom. The highest BCUT2D eigenvalue weighted by Crippen LogP contribution is 2.32. The molecule has 0 saturated carbocycles. The van der Waals surface area contributed by atoms with Gasteiger partial charge < -0.3 is 10.6 Å². The number of hydrogen-bond donors (Lipinski definition) is 2. The van der Waals surface area contributed by atoms with Crippen LogP contribution in [-0.4, -0.2) is 35.5 Å². The number of rotatable bonds is 4. The molecule has 0 spiro atoms. The molecule has 0 saturated heterocycles. The summed E-state index contributed by atoms with van der Waals surface area (Å²) in [7, 11) is 0. The van der Waals surface area contributed by atoms with Crippen molar-refractivity contribution >= 4 is 52.5 Å². The molecule has 0 aliphatic carbocycles. The van der Waals surface area contributed by atoms with Crippen molar-refractivity contribution in [3.63, 3.8) is 0 Å². The minimum absolute atomic E-state index is 0.195. The van der Waals surface area contributed by atoms with Gasteiger partial charge in [0, 0.05) is 40.3 Å². The van der Waals surface area contributed by atoms with Crippen LogP contribution < -0.4 is 15.5 Å². The monoisotopic (exact) mass is 436 g/mol. The molecule has 1 aromatic heterocycles. The minimum Gasteiger partial charge on any atom is -0.322 e. The van der Waals surface area contributed by atoms with Crippen LogP contribution in [0.5, 0.6) is 0 Å². The van der Waals surface area contributed by atoms with Crippen molar-refractivity contribution in [3.05, 3.63) is 72.4 Å². The molecule has 4 rings (SSSR count). The molecule has 8 heteroatoms. The van der Waals surface area contributed by atoms with E-state index in [-0.39, 0.29) is 11.9 Å². The van der Waals surface area contributed by atoms with E-state index < -0.39 is 0 Å². The summed E-state index contributed by atoms with van der Waals surface area (Å²) in [6.45, 7) is 0.616. The van der Waals surface area contributed by atoms with Crippen LogP contribution in [0.15, 0.2) is 76.8 Å². The molecule has 3 amide bonds. The molecule has 2 heterocycles. The number of urea groups is 1. The fourth-order valence-electron chi connectivity index (χ4n) is 3.06. The summed E-state index contributed by atoms with van der Waals surface area (Å²) in [6.07, 6.45) is 3.72. The third-order valence-electron chi connectivity index (χ3n) is 4.57. The average molecular weight is 437 g/mol. The minimum atomic E-state index is -0.212. The van der Waals surface area contributed by atoms with Gasteiger partial charge >= 0.3 is 6.03 Å². The predicted molar refractivity (Wildman–Crippen MR) is 124 cm³/mol. The van der Waals surface area contributed by atoms with Crippen molar-refractivity contribution in [2.45, 2.75) is 9.92 Å². The number of nitrogens with one attached hydrogen (secondary N) is 2. The second kappa shape index (κ2) is 9.23. The molecule has 0 fully saturated rings. The first-order valence-corrected chi connectivity index (χ1v) is 11.6. The van der Waals surface area contributed by atoms with E-state index in [9.17, 15) is 9.59 Å². The summed E-state index contributed by atoms with van der Waals surface area (Å²) < 4.78 is 0. The number of fused-ring (bicyclic) bond motifs is 1. The summed E-state index contributed by atoms with van der Waals surface area (Å²) in [6, 6.07) is 18.1. The maximum absolute atomic E-state index is 12.7. The normalized spacial score (nSPS) is 12.8. The van der Waals surface area contributed by atoms with Crippen LogP contribution in [0.25, 0.3) is 0 Å². The second-order valence-corrected chi connectivity index (χ2v) is 8.48. The first-order valence-electron chi connectivity index (χ1n) is 9.36. The largest absolute Gasteiger partial charge is 0.326 e. The number of aromatic nitrogens is 1. The zero-order valence-corrected chi connectivity index (χ0v) is 17.9. The molecule has 1 aliphatic heterocycles. The lowest BCUT2D eigenvalue weighted by molar-refractivity contribution is 0.102. The maximum atomic E-state index is 12.7. The summed E-state index contributed by atoms with van der Waals surface area (Å²) >= 11 is 3.27. The number of carbonyl (C=O) groups excluding carboxylic acids is 2. The fraction of sp³-hybridized carbons (Fsp3) is 0.136. The van der Waals surface area contributed by atoms with Gasteiger partial charge in [0.1, 0.15) is 5.03 Å². The highest BCUT2D eigenvalue weighted by Gasteiger charge is 2.23. The van der Waals surface area contributed by atoms with E-state index in [4.69, 9.17) is 0 Å². The average Bonchev–Trinajstić information content (AvgIpc) is 2.79. The Labute approximate surface area is 183 Å². The van der Waals surface area contributed by atoms with Gasteiger partial charge in [0.15, 0.2) is 0 Å². The SMILES string of the molecule is CSc1cccc(NC(=O)c2ccc(NC(=O)N3CCSc4ncccc43)cc2)c1. The van der Waals surface area contributed by atoms with Crippen molar-refractivity contribution in [3.8, 4) is 0 Å². The van der Waals surface area contributed by atoms with Crippen molar-refractivity contribution in [1.29, 1.82) is 0 Å². The van der Waals surface area contributed by atoms with Gasteiger partial charge in [0.25, 0.3) is 5.91 Å². The molecule has 0 unspecified atom stereocenters. The predicted octanol–water partition coefficient (Wildman–Crippen LogP) is 5.20. The van der Waals surface area contributed by atoms with E-state index >= 15 is 0 Å². The molecule has 0 bridgehead atoms. The summed E-state index contributed by atoms with van der Waals surface area (Å²) in [5.74, 6) is 0.605. The summed E-state index contributed by atoms with van der Waals surface area (Å²) in [5, 5.41) is 6.66. The fourth-order valence-corrected chi connectivity index (χ4v) is 4.45. The Hall–Kier alpha value is -2.97. The number of carbonyl (C=O) groups is 2. The number of thioether (sulfide) groups is 2. The number of benzene rings is 2. The smallest absolute Gasteiger partial charge is 0.322 e. The van der Waals surface area contributed by atoms with Crippen LogP contribution in [0.4, 0.5) is 21.9 Å². The van der Waals surface area contributed by atoms with E-state index in [0.717, 1.165) is 27.0 Å². The maximum Gasteiger partial charge on any atom is 0.326 e. The Morgan fingerprint density at radius 2 is 1.87 bits per heavy atom. The molecule has 30 heavy (non-hydrogen) atoms. The third kappa shape index (κ3) is 4.60. The first kappa shape index (κ1) is 20.3. The molecule has 2 aromatic carbocycles. The van der Waals surface area contributed by atoms with Crippen LogP contribution in [0.2, 0.25) is 0 Å². The molecular formula is C22H20N4O2S2. The van der Waals surface area contributed by atoms with Gasteiger partial charge in [-0.15, -0.1) is 23.5 Å². The lowest BCUT2D eigenvalue weighted by atomic mass is 10.2. The summed E-state index contributed by atoms with van der Waals surface area (Å²) in [4.78, 5) is 32.4. The van der Waals surface area contributed by atoms with Crippen LogP contribution in [-0.2, 0) is 0 Å². The van der Waals surface area contributed by atoms with Crippen LogP contribution in [0.1, 0.15) is 10.4 Å². The van der Waals surface area contributed by atoms with Gasteiger partial charge in [0.2, 0.25) is 0 Å². The van der Waals surface area contributed by atoms with E-state index in [1.165, 1.54) is 0 Å². The van der Waals surface area contributed by atoms with E-state index in [1.807, 2.05) is 42.7 Å². The number of hydrogen-bond acceptors (Lipinski definition) is 5. The van der Waals surface area contributed by atoms with Gasteiger partial charge in [-0.25, -0.2) is 9.78 Å². The molecule has 0 atom stereocenters. The Kier molecular flexibility index (Phi) is 6.25. The second-order valence-electron chi connectivity index (χ2n) is 6.52. The van der Waals surface area contributed by atoms with Gasteiger partial charge in [-0.3, -0.25) is 9.69 Å². The molecule has 152 valence electrons. The number of amides is 3. The Morgan fingerprint density at radius 1 is 1.03 bits per heavy atom. The van der Waals surface area contributed by atoms with Crippen LogP contribution in [0, 0.1) is 0 Å². The first-order chi connectivity index (χ1) is 14.6. The Bertz CT molecular complexity index is 1070. The molecular weight excluding hydrogens is 416 g/mol. The van der Waals surface area contributed by atoms with E-state index in [1.54, 1.807) is 58.9 Å². The Balaban J connectivity index is 1.41. The van der Waals surface area contributed by atoms with Crippen molar-refractivity contribution in [2.75, 3.05) is 34.1 Å². The lowest BCUT2D eigenvalue weighted by Crippen LogP contribution is -2.38. The van der Waals surface area contributed by atoms with Crippen LogP contribution in [0.3, 0.4) is 0 Å².